The summed E-state index contributed by atoms with van der Waals surface area (Å²) in [6.07, 6.45) is 11.9. The second kappa shape index (κ2) is 61.7. The highest BCUT2D eigenvalue weighted by atomic mass is 16.5. The van der Waals surface area contributed by atoms with E-state index in [9.17, 15) is 0 Å². The van der Waals surface area contributed by atoms with Crippen molar-refractivity contribution in [2.45, 2.75) is 106 Å². The van der Waals surface area contributed by atoms with E-state index in [2.05, 4.69) is 20.8 Å². The van der Waals surface area contributed by atoms with Gasteiger partial charge in [0.05, 0.1) is 79.3 Å². The zero-order valence-electron chi connectivity index (χ0n) is 32.1. The molecule has 1 saturated carbocycles. The largest absolute Gasteiger partial charge is 0.396 e. The third-order valence-electron chi connectivity index (χ3n) is 6.35. The van der Waals surface area contributed by atoms with Gasteiger partial charge >= 0.3 is 0 Å². The maximum atomic E-state index is 8.78. The molecule has 1 aliphatic carbocycles. The number of aliphatic hydroxyl groups excluding tert-OH is 6. The summed E-state index contributed by atoms with van der Waals surface area (Å²) in [4.78, 5) is 0. The molecule has 0 aromatic heterocycles. The molecule has 48 heavy (non-hydrogen) atoms. The van der Waals surface area contributed by atoms with E-state index in [1.807, 2.05) is 20.8 Å². The van der Waals surface area contributed by atoms with Crippen molar-refractivity contribution in [2.24, 2.45) is 11.8 Å². The van der Waals surface area contributed by atoms with E-state index in [0.29, 0.717) is 91.8 Å². The van der Waals surface area contributed by atoms with Crippen LogP contribution < -0.4 is 0 Å². The summed E-state index contributed by atoms with van der Waals surface area (Å²) in [6, 6.07) is 0. The average molecular weight is 707 g/mol. The van der Waals surface area contributed by atoms with Crippen molar-refractivity contribution in [1.82, 2.24) is 0 Å². The highest BCUT2D eigenvalue weighted by Gasteiger charge is 2.16. The van der Waals surface area contributed by atoms with Crippen molar-refractivity contribution in [1.29, 1.82) is 0 Å². The molecule has 298 valence electrons. The predicted octanol–water partition coefficient (Wildman–Crippen LogP) is 4.24. The first-order chi connectivity index (χ1) is 23.4. The topological polar surface area (TPSA) is 177 Å². The van der Waals surface area contributed by atoms with Gasteiger partial charge in [0, 0.05) is 39.6 Å². The minimum absolute atomic E-state index is 0.0684. The average Bonchev–Trinajstić information content (AvgIpc) is 3.11. The maximum Gasteiger partial charge on any atom is 0.0701 e. The number of aliphatic hydroxyl groups is 6. The van der Waals surface area contributed by atoms with Crippen LogP contribution >= 0.6 is 0 Å². The molecular formula is C36H82O12. The summed E-state index contributed by atoms with van der Waals surface area (Å²) in [5, 5.41) is 49.8. The Kier molecular flexibility index (Phi) is 73.1. The molecular weight excluding hydrogens is 624 g/mol. The summed E-state index contributed by atoms with van der Waals surface area (Å²) >= 11 is 0. The van der Waals surface area contributed by atoms with Crippen LogP contribution in [-0.2, 0) is 28.4 Å². The van der Waals surface area contributed by atoms with Gasteiger partial charge in [-0.25, -0.2) is 0 Å². The quantitative estimate of drug-likeness (QED) is 0.0746. The monoisotopic (exact) mass is 707 g/mol. The molecule has 1 rings (SSSR count). The first-order valence-electron chi connectivity index (χ1n) is 18.5. The first kappa shape index (κ1) is 56.9. The van der Waals surface area contributed by atoms with Crippen molar-refractivity contribution in [3.05, 3.63) is 0 Å². The summed E-state index contributed by atoms with van der Waals surface area (Å²) < 4.78 is 29.8. The lowest BCUT2D eigenvalue weighted by Gasteiger charge is -2.23. The number of hydrogen-bond donors (Lipinski definition) is 6. The fourth-order valence-corrected chi connectivity index (χ4v) is 3.49. The van der Waals surface area contributed by atoms with Gasteiger partial charge in [-0.3, -0.25) is 0 Å². The van der Waals surface area contributed by atoms with Crippen LogP contribution in [0.3, 0.4) is 0 Å². The van der Waals surface area contributed by atoms with Crippen LogP contribution in [0.5, 0.6) is 0 Å². The third-order valence-corrected chi connectivity index (χ3v) is 6.35. The van der Waals surface area contributed by atoms with Gasteiger partial charge in [0.15, 0.2) is 0 Å². The van der Waals surface area contributed by atoms with Gasteiger partial charge < -0.3 is 59.1 Å². The second-order valence-electron chi connectivity index (χ2n) is 10.8. The smallest absolute Gasteiger partial charge is 0.0701 e. The molecule has 0 spiro atoms. The SMILES string of the molecule is CC1CCC(CO)CC1.CCCCCCO.CCCCO.CCOCCO.CCOCCOCCO.CCOCCOCCOCCO. The van der Waals surface area contributed by atoms with Crippen molar-refractivity contribution in [3.8, 4) is 0 Å². The second-order valence-corrected chi connectivity index (χ2v) is 10.8. The lowest BCUT2D eigenvalue weighted by Crippen LogP contribution is -2.14. The molecule has 6 N–H and O–H groups in total. The lowest BCUT2D eigenvalue weighted by atomic mass is 9.84. The molecule has 1 aliphatic rings. The lowest BCUT2D eigenvalue weighted by molar-refractivity contribution is 0.00965. The van der Waals surface area contributed by atoms with Crippen molar-refractivity contribution in [3.63, 3.8) is 0 Å². The molecule has 12 nitrogen and oxygen atoms in total. The van der Waals surface area contributed by atoms with Crippen LogP contribution in [-0.4, -0.2) is 150 Å². The summed E-state index contributed by atoms with van der Waals surface area (Å²) in [5.41, 5.74) is 0. The number of ether oxygens (including phenoxy) is 6. The normalized spacial score (nSPS) is 14.8. The molecule has 0 radical (unpaired) electrons. The Balaban J connectivity index is -0.000000158. The van der Waals surface area contributed by atoms with Gasteiger partial charge in [-0.05, 0) is 58.3 Å². The molecule has 0 aromatic rings. The van der Waals surface area contributed by atoms with Crippen molar-refractivity contribution >= 4 is 0 Å². The molecule has 0 aliphatic heterocycles. The molecule has 0 saturated heterocycles. The van der Waals surface area contributed by atoms with E-state index in [-0.39, 0.29) is 19.8 Å². The Morgan fingerprint density at radius 2 is 0.750 bits per heavy atom. The van der Waals surface area contributed by atoms with E-state index < -0.39 is 0 Å². The van der Waals surface area contributed by atoms with Crippen LogP contribution in [0.1, 0.15) is 106 Å². The predicted molar refractivity (Wildman–Crippen MR) is 195 cm³/mol. The van der Waals surface area contributed by atoms with Crippen LogP contribution in [0.4, 0.5) is 0 Å². The molecule has 0 aromatic carbocycles. The minimum atomic E-state index is 0.0684. The van der Waals surface area contributed by atoms with E-state index in [4.69, 9.17) is 59.1 Å². The summed E-state index contributed by atoms with van der Waals surface area (Å²) in [5.74, 6) is 1.54. The number of unbranched alkanes of at least 4 members (excludes halogenated alkanes) is 4. The highest BCUT2D eigenvalue weighted by molar-refractivity contribution is 4.68. The van der Waals surface area contributed by atoms with Gasteiger partial charge in [-0.2, -0.15) is 0 Å². The van der Waals surface area contributed by atoms with E-state index >= 15 is 0 Å². The Hall–Kier alpha value is -0.480. The van der Waals surface area contributed by atoms with Gasteiger partial charge in [0.1, 0.15) is 0 Å². The van der Waals surface area contributed by atoms with Crippen molar-refractivity contribution in [2.75, 3.05) is 119 Å². The van der Waals surface area contributed by atoms with E-state index in [0.717, 1.165) is 38.4 Å². The molecule has 12 heteroatoms. The minimum Gasteiger partial charge on any atom is -0.396 e. The van der Waals surface area contributed by atoms with Gasteiger partial charge in [-0.15, -0.1) is 0 Å². The molecule has 0 atom stereocenters. The number of hydrogen-bond acceptors (Lipinski definition) is 12. The number of rotatable bonds is 25. The highest BCUT2D eigenvalue weighted by Crippen LogP contribution is 2.27. The standard InChI is InChI=1S/C8H18O4.C8H16O.C6H14O3.C6H14O.C4H10O2.C4H10O/c1-2-10-5-6-12-8-7-11-4-3-9;1-7-2-4-8(6-9)5-3-7;1-2-8-5-6-9-4-3-7;1-2-3-4-5-6-7;1-2-6-4-3-5;1-2-3-4-5/h9H,2-8H2,1H3;7-9H,2-6H2,1H3;7H,2-6H2,1H3;7H,2-6H2,1H3;5H,2-4H2,1H3;5H,2-4H2,1H3. The fraction of sp³-hybridized carbons (Fsp3) is 1.00. The molecule has 1 fully saturated rings. The van der Waals surface area contributed by atoms with Gasteiger partial charge in [0.2, 0.25) is 0 Å². The Labute approximate surface area is 295 Å². The molecule has 0 heterocycles. The Morgan fingerprint density at radius 1 is 0.396 bits per heavy atom. The maximum absolute atomic E-state index is 8.78. The van der Waals surface area contributed by atoms with Crippen molar-refractivity contribution < 1.29 is 59.1 Å². The van der Waals surface area contributed by atoms with Gasteiger partial charge in [-0.1, -0.05) is 59.3 Å². The summed E-state index contributed by atoms with van der Waals surface area (Å²) in [6.45, 7) is 20.7. The van der Waals surface area contributed by atoms with Crippen LogP contribution in [0.25, 0.3) is 0 Å². The van der Waals surface area contributed by atoms with Gasteiger partial charge in [0.25, 0.3) is 0 Å². The molecule has 0 unspecified atom stereocenters. The van der Waals surface area contributed by atoms with Crippen LogP contribution in [0, 0.1) is 11.8 Å². The fourth-order valence-electron chi connectivity index (χ4n) is 3.49. The van der Waals surface area contributed by atoms with E-state index in [1.54, 1.807) is 0 Å². The first-order valence-corrected chi connectivity index (χ1v) is 18.5. The van der Waals surface area contributed by atoms with Crippen LogP contribution in [0.15, 0.2) is 0 Å². The third kappa shape index (κ3) is 71.5. The zero-order valence-corrected chi connectivity index (χ0v) is 32.1. The molecule has 0 amide bonds. The summed E-state index contributed by atoms with van der Waals surface area (Å²) in [7, 11) is 0. The van der Waals surface area contributed by atoms with E-state index in [1.165, 1.54) is 44.9 Å². The zero-order chi connectivity index (χ0) is 37.2. The molecule has 0 bridgehead atoms. The Morgan fingerprint density at radius 3 is 1.04 bits per heavy atom. The van der Waals surface area contributed by atoms with Crippen LogP contribution in [0.2, 0.25) is 0 Å². The Bertz CT molecular complexity index is 431.